The largest absolute Gasteiger partial charge is 0.498 e. The van der Waals surface area contributed by atoms with Crippen LogP contribution in [0.5, 0.6) is 0 Å². The van der Waals surface area contributed by atoms with Gasteiger partial charge < -0.3 is 14.6 Å². The SMILES string of the molecule is O=C(O)C1=CC2=CC=C(OCCCCN3CCOCC3)CC2C=C1. The highest BCUT2D eigenvalue weighted by molar-refractivity contribution is 5.91. The van der Waals surface area contributed by atoms with E-state index in [1.165, 1.54) is 0 Å². The zero-order valence-electron chi connectivity index (χ0n) is 13.9. The lowest BCUT2D eigenvalue weighted by Crippen LogP contribution is -2.36. The normalized spacial score (nSPS) is 23.8. The lowest BCUT2D eigenvalue weighted by Gasteiger charge is -2.26. The van der Waals surface area contributed by atoms with Gasteiger partial charge in [0.05, 0.1) is 31.2 Å². The second-order valence-electron chi connectivity index (χ2n) is 6.38. The first kappa shape index (κ1) is 17.0. The van der Waals surface area contributed by atoms with Gasteiger partial charge in [0.15, 0.2) is 0 Å². The van der Waals surface area contributed by atoms with Crippen molar-refractivity contribution in [2.24, 2.45) is 5.92 Å². The summed E-state index contributed by atoms with van der Waals surface area (Å²) in [6, 6.07) is 0. The first-order valence-electron chi connectivity index (χ1n) is 8.69. The van der Waals surface area contributed by atoms with E-state index in [1.807, 2.05) is 18.2 Å². The highest BCUT2D eigenvalue weighted by atomic mass is 16.5. The van der Waals surface area contributed by atoms with Gasteiger partial charge in [0.25, 0.3) is 0 Å². The Morgan fingerprint density at radius 2 is 2.12 bits per heavy atom. The molecule has 5 nitrogen and oxygen atoms in total. The van der Waals surface area contributed by atoms with Crippen LogP contribution in [0.25, 0.3) is 0 Å². The Morgan fingerprint density at radius 3 is 2.92 bits per heavy atom. The second-order valence-corrected chi connectivity index (χ2v) is 6.38. The van der Waals surface area contributed by atoms with Gasteiger partial charge in [0, 0.05) is 25.4 Å². The fraction of sp³-hybridized carbons (Fsp3) is 0.526. The summed E-state index contributed by atoms with van der Waals surface area (Å²) in [6.07, 6.45) is 12.4. The molecule has 24 heavy (non-hydrogen) atoms. The Morgan fingerprint density at radius 1 is 1.29 bits per heavy atom. The molecular weight excluding hydrogens is 306 g/mol. The van der Waals surface area contributed by atoms with Gasteiger partial charge in [-0.15, -0.1) is 0 Å². The van der Waals surface area contributed by atoms with Crippen molar-refractivity contribution in [1.29, 1.82) is 0 Å². The van der Waals surface area contributed by atoms with Gasteiger partial charge in [-0.2, -0.15) is 0 Å². The van der Waals surface area contributed by atoms with Crippen molar-refractivity contribution in [1.82, 2.24) is 4.90 Å². The molecule has 1 saturated heterocycles. The van der Waals surface area contributed by atoms with Crippen LogP contribution in [-0.4, -0.2) is 55.4 Å². The molecule has 0 aromatic carbocycles. The average Bonchev–Trinajstić information content (AvgIpc) is 2.61. The van der Waals surface area contributed by atoms with Crippen molar-refractivity contribution in [2.75, 3.05) is 39.5 Å². The third-order valence-corrected chi connectivity index (χ3v) is 4.65. The number of allylic oxidation sites excluding steroid dienone is 6. The molecule has 0 bridgehead atoms. The Bertz CT molecular complexity index is 582. The standard InChI is InChI=1S/C19H25NO4/c21-19(22)17-4-3-16-14-18(6-5-15(16)13-17)24-10-2-1-7-20-8-11-23-12-9-20/h3-6,13,16H,1-2,7-12,14H2,(H,21,22). The minimum Gasteiger partial charge on any atom is -0.498 e. The van der Waals surface area contributed by atoms with E-state index in [9.17, 15) is 4.79 Å². The van der Waals surface area contributed by atoms with Crippen LogP contribution in [0, 0.1) is 5.92 Å². The molecule has 1 atom stereocenters. The molecule has 1 unspecified atom stereocenters. The van der Waals surface area contributed by atoms with Crippen LogP contribution < -0.4 is 0 Å². The number of hydrogen-bond acceptors (Lipinski definition) is 4. The third-order valence-electron chi connectivity index (χ3n) is 4.65. The number of morpholine rings is 1. The van der Waals surface area contributed by atoms with Gasteiger partial charge in [-0.1, -0.05) is 18.2 Å². The molecule has 3 aliphatic rings. The first-order valence-corrected chi connectivity index (χ1v) is 8.69. The number of aliphatic carboxylic acids is 1. The van der Waals surface area contributed by atoms with Crippen LogP contribution in [0.1, 0.15) is 19.3 Å². The summed E-state index contributed by atoms with van der Waals surface area (Å²) < 4.78 is 11.2. The van der Waals surface area contributed by atoms with Crippen molar-refractivity contribution in [3.05, 3.63) is 47.3 Å². The molecule has 1 N–H and O–H groups in total. The van der Waals surface area contributed by atoms with Crippen molar-refractivity contribution in [3.8, 4) is 0 Å². The minimum atomic E-state index is -0.878. The Hall–Kier alpha value is -1.85. The highest BCUT2D eigenvalue weighted by Crippen LogP contribution is 2.32. The number of carboxylic acids is 1. The van der Waals surface area contributed by atoms with Crippen molar-refractivity contribution >= 4 is 5.97 Å². The summed E-state index contributed by atoms with van der Waals surface area (Å²) in [6.45, 7) is 5.64. The summed E-state index contributed by atoms with van der Waals surface area (Å²) in [5.74, 6) is 0.352. The van der Waals surface area contributed by atoms with E-state index in [0.29, 0.717) is 5.57 Å². The average molecular weight is 331 g/mol. The number of carboxylic acid groups (broad SMARTS) is 1. The maximum atomic E-state index is 11.0. The number of unbranched alkanes of at least 4 members (excludes halogenated alkanes) is 1. The van der Waals surface area contributed by atoms with Crippen LogP contribution in [0.15, 0.2) is 47.3 Å². The second kappa shape index (κ2) is 8.31. The maximum absolute atomic E-state index is 11.0. The molecule has 0 aromatic rings. The van der Waals surface area contributed by atoms with Crippen molar-refractivity contribution in [3.63, 3.8) is 0 Å². The molecule has 1 fully saturated rings. The zero-order chi connectivity index (χ0) is 16.8. The molecule has 0 saturated carbocycles. The molecule has 1 aliphatic heterocycles. The van der Waals surface area contributed by atoms with Crippen LogP contribution in [-0.2, 0) is 14.3 Å². The predicted molar refractivity (Wildman–Crippen MR) is 91.6 cm³/mol. The van der Waals surface area contributed by atoms with Crippen LogP contribution >= 0.6 is 0 Å². The quantitative estimate of drug-likeness (QED) is 0.727. The zero-order valence-corrected chi connectivity index (χ0v) is 13.9. The van der Waals surface area contributed by atoms with Gasteiger partial charge in [-0.05, 0) is 37.1 Å². The number of nitrogens with zero attached hydrogens (tertiary/aromatic N) is 1. The number of carbonyl (C=O) groups is 1. The van der Waals surface area contributed by atoms with Crippen LogP contribution in [0.3, 0.4) is 0 Å². The Kier molecular flexibility index (Phi) is 5.88. The van der Waals surface area contributed by atoms with Gasteiger partial charge in [-0.25, -0.2) is 4.79 Å². The summed E-state index contributed by atoms with van der Waals surface area (Å²) >= 11 is 0. The molecule has 2 aliphatic carbocycles. The molecule has 130 valence electrons. The van der Waals surface area contributed by atoms with Crippen molar-refractivity contribution in [2.45, 2.75) is 19.3 Å². The molecule has 0 radical (unpaired) electrons. The number of hydrogen-bond donors (Lipinski definition) is 1. The number of ether oxygens (including phenoxy) is 2. The summed E-state index contributed by atoms with van der Waals surface area (Å²) in [5, 5.41) is 9.04. The molecule has 5 heteroatoms. The molecule has 0 spiro atoms. The van der Waals surface area contributed by atoms with E-state index < -0.39 is 5.97 Å². The first-order chi connectivity index (χ1) is 11.7. The number of fused-ring (bicyclic) bond motifs is 1. The summed E-state index contributed by atoms with van der Waals surface area (Å²) in [7, 11) is 0. The Labute approximate surface area is 142 Å². The smallest absolute Gasteiger partial charge is 0.335 e. The van der Waals surface area contributed by atoms with Gasteiger partial charge in [0.1, 0.15) is 0 Å². The van der Waals surface area contributed by atoms with E-state index >= 15 is 0 Å². The maximum Gasteiger partial charge on any atom is 0.335 e. The predicted octanol–water partition coefficient (Wildman–Crippen LogP) is 2.53. The van der Waals surface area contributed by atoms with Crippen LogP contribution in [0.4, 0.5) is 0 Å². The Balaban J connectivity index is 1.39. The van der Waals surface area contributed by atoms with Gasteiger partial charge in [-0.3, -0.25) is 4.90 Å². The van der Waals surface area contributed by atoms with Crippen LogP contribution in [0.2, 0.25) is 0 Å². The van der Waals surface area contributed by atoms with E-state index in [0.717, 1.165) is 70.0 Å². The van der Waals surface area contributed by atoms with E-state index in [4.69, 9.17) is 14.6 Å². The molecular formula is C19H25NO4. The van der Waals surface area contributed by atoms with Gasteiger partial charge >= 0.3 is 5.97 Å². The van der Waals surface area contributed by atoms with E-state index in [1.54, 1.807) is 12.2 Å². The minimum absolute atomic E-state index is 0.237. The molecule has 0 amide bonds. The lowest BCUT2D eigenvalue weighted by atomic mass is 9.85. The van der Waals surface area contributed by atoms with Crippen molar-refractivity contribution < 1.29 is 19.4 Å². The summed E-state index contributed by atoms with van der Waals surface area (Å²) in [5.41, 5.74) is 1.40. The van der Waals surface area contributed by atoms with Gasteiger partial charge in [0.2, 0.25) is 0 Å². The highest BCUT2D eigenvalue weighted by Gasteiger charge is 2.21. The fourth-order valence-corrected chi connectivity index (χ4v) is 3.20. The molecule has 3 rings (SSSR count). The van der Waals surface area contributed by atoms with E-state index in [-0.39, 0.29) is 5.92 Å². The molecule has 0 aromatic heterocycles. The summed E-state index contributed by atoms with van der Waals surface area (Å²) in [4.78, 5) is 13.5. The number of rotatable bonds is 7. The molecule has 1 heterocycles. The van der Waals surface area contributed by atoms with E-state index in [2.05, 4.69) is 4.90 Å². The topological polar surface area (TPSA) is 59.0 Å². The monoisotopic (exact) mass is 331 g/mol. The lowest BCUT2D eigenvalue weighted by molar-refractivity contribution is -0.132. The third kappa shape index (κ3) is 4.58. The fourth-order valence-electron chi connectivity index (χ4n) is 3.20.